The minimum atomic E-state index is -3.41. The number of amides is 1. The molecule has 1 rings (SSSR count). The van der Waals surface area contributed by atoms with E-state index in [9.17, 15) is 13.2 Å². The quantitative estimate of drug-likeness (QED) is 0.859. The Hall–Kier alpha value is -1.05. The van der Waals surface area contributed by atoms with E-state index >= 15 is 0 Å². The molecule has 0 radical (unpaired) electrons. The Morgan fingerprint density at radius 1 is 1.40 bits per heavy atom. The van der Waals surface area contributed by atoms with E-state index in [0.29, 0.717) is 5.75 Å². The van der Waals surface area contributed by atoms with Gasteiger partial charge >= 0.3 is 0 Å². The number of benzene rings is 1. The fraction of sp³-hybridized carbons (Fsp3) is 0.462. The summed E-state index contributed by atoms with van der Waals surface area (Å²) in [6, 6.07) is 6.81. The van der Waals surface area contributed by atoms with Crippen LogP contribution in [0, 0.1) is 0 Å². The first-order valence-corrected chi connectivity index (χ1v) is 8.62. The highest BCUT2D eigenvalue weighted by Gasteiger charge is 2.17. The highest BCUT2D eigenvalue weighted by atomic mass is 32.2. The van der Waals surface area contributed by atoms with E-state index in [1.165, 1.54) is 30.2 Å². The number of hydrogen-bond acceptors (Lipinski definition) is 4. The lowest BCUT2D eigenvalue weighted by Crippen LogP contribution is -2.27. The zero-order chi connectivity index (χ0) is 15.3. The van der Waals surface area contributed by atoms with Gasteiger partial charge in [0, 0.05) is 26.9 Å². The molecular weight excluding hydrogens is 296 g/mol. The molecule has 0 fully saturated rings. The molecule has 1 aromatic carbocycles. The molecule has 0 spiro atoms. The van der Waals surface area contributed by atoms with E-state index in [0.717, 1.165) is 5.56 Å². The van der Waals surface area contributed by atoms with Crippen molar-refractivity contribution in [2.24, 2.45) is 0 Å². The van der Waals surface area contributed by atoms with Crippen molar-refractivity contribution in [1.29, 1.82) is 0 Å². The van der Waals surface area contributed by atoms with Crippen LogP contribution in [0.5, 0.6) is 0 Å². The van der Waals surface area contributed by atoms with Crippen molar-refractivity contribution in [1.82, 2.24) is 9.62 Å². The van der Waals surface area contributed by atoms with E-state index < -0.39 is 10.0 Å². The van der Waals surface area contributed by atoms with Crippen LogP contribution in [0.15, 0.2) is 29.2 Å². The van der Waals surface area contributed by atoms with Crippen LogP contribution in [-0.4, -0.2) is 45.0 Å². The predicted octanol–water partition coefficient (Wildman–Crippen LogP) is 1.30. The maximum absolute atomic E-state index is 12.0. The second-order valence-electron chi connectivity index (χ2n) is 4.50. The number of rotatable bonds is 6. The van der Waals surface area contributed by atoms with Gasteiger partial charge in [0.05, 0.1) is 10.1 Å². The molecule has 7 heteroatoms. The molecule has 0 aliphatic carbocycles. The van der Waals surface area contributed by atoms with Crippen molar-refractivity contribution >= 4 is 27.7 Å². The molecule has 0 heterocycles. The summed E-state index contributed by atoms with van der Waals surface area (Å²) < 4.78 is 25.3. The Morgan fingerprint density at radius 3 is 2.60 bits per heavy atom. The maximum Gasteiger partial charge on any atom is 0.242 e. The maximum atomic E-state index is 12.0. The molecule has 0 bridgehead atoms. The third kappa shape index (κ3) is 4.22. The van der Waals surface area contributed by atoms with Crippen molar-refractivity contribution in [3.8, 4) is 0 Å². The molecule has 0 saturated heterocycles. The second-order valence-corrected chi connectivity index (χ2v) is 7.98. The molecule has 0 saturated carbocycles. The van der Waals surface area contributed by atoms with E-state index in [-0.39, 0.29) is 16.1 Å². The Kier molecular flexibility index (Phi) is 6.04. The van der Waals surface area contributed by atoms with Gasteiger partial charge < -0.3 is 5.32 Å². The van der Waals surface area contributed by atoms with Crippen LogP contribution >= 0.6 is 11.8 Å². The van der Waals surface area contributed by atoms with Crippen molar-refractivity contribution in [2.75, 3.05) is 21.1 Å². The van der Waals surface area contributed by atoms with E-state index in [2.05, 4.69) is 5.32 Å². The third-order valence-electron chi connectivity index (χ3n) is 2.79. The summed E-state index contributed by atoms with van der Waals surface area (Å²) in [5.74, 6) is 0.554. The van der Waals surface area contributed by atoms with Gasteiger partial charge in [0.15, 0.2) is 0 Å². The summed E-state index contributed by atoms with van der Waals surface area (Å²) >= 11 is 1.47. The molecule has 1 N–H and O–H groups in total. The van der Waals surface area contributed by atoms with E-state index in [1.807, 2.05) is 13.0 Å². The summed E-state index contributed by atoms with van der Waals surface area (Å²) in [5.41, 5.74) is 0.883. The first-order chi connectivity index (χ1) is 9.28. The molecule has 1 amide bonds. The van der Waals surface area contributed by atoms with E-state index in [4.69, 9.17) is 0 Å². The zero-order valence-corrected chi connectivity index (χ0v) is 13.7. The largest absolute Gasteiger partial charge is 0.358 e. The number of carbonyl (C=O) groups excluding carboxylic acids is 1. The molecule has 5 nitrogen and oxygen atoms in total. The van der Waals surface area contributed by atoms with Crippen LogP contribution < -0.4 is 5.32 Å². The molecular formula is C13H20N2O3S2. The first kappa shape index (κ1) is 17.0. The number of sulfonamides is 1. The van der Waals surface area contributed by atoms with Crippen LogP contribution in [0.25, 0.3) is 0 Å². The summed E-state index contributed by atoms with van der Waals surface area (Å²) in [6.45, 7) is 1.82. The Bertz CT molecular complexity index is 571. The number of hydrogen-bond donors (Lipinski definition) is 1. The SMILES string of the molecule is CNC(=O)[C@H](C)SCc1cccc(S(=O)(=O)N(C)C)c1. The average Bonchev–Trinajstić information content (AvgIpc) is 2.43. The van der Waals surface area contributed by atoms with Gasteiger partial charge in [-0.05, 0) is 24.6 Å². The summed E-state index contributed by atoms with van der Waals surface area (Å²) in [5, 5.41) is 2.42. The topological polar surface area (TPSA) is 66.5 Å². The van der Waals surface area contributed by atoms with Crippen LogP contribution in [0.3, 0.4) is 0 Å². The van der Waals surface area contributed by atoms with Gasteiger partial charge in [-0.1, -0.05) is 12.1 Å². The summed E-state index contributed by atoms with van der Waals surface area (Å²) in [7, 11) is 1.20. The molecule has 0 aliphatic heterocycles. The van der Waals surface area contributed by atoms with Crippen molar-refractivity contribution in [3.63, 3.8) is 0 Å². The van der Waals surface area contributed by atoms with Gasteiger partial charge in [0.2, 0.25) is 15.9 Å². The fourth-order valence-electron chi connectivity index (χ4n) is 1.51. The predicted molar refractivity (Wildman–Crippen MR) is 82.1 cm³/mol. The normalized spacial score (nSPS) is 13.2. The minimum Gasteiger partial charge on any atom is -0.358 e. The zero-order valence-electron chi connectivity index (χ0n) is 12.1. The van der Waals surface area contributed by atoms with Gasteiger partial charge in [-0.25, -0.2) is 12.7 Å². The number of nitrogens with one attached hydrogen (secondary N) is 1. The van der Waals surface area contributed by atoms with Gasteiger partial charge in [0.25, 0.3) is 0 Å². The summed E-state index contributed by atoms with van der Waals surface area (Å²) in [6.07, 6.45) is 0. The van der Waals surface area contributed by atoms with Crippen LogP contribution in [0.1, 0.15) is 12.5 Å². The second kappa shape index (κ2) is 7.10. The number of nitrogens with zero attached hydrogens (tertiary/aromatic N) is 1. The van der Waals surface area contributed by atoms with Gasteiger partial charge in [-0.2, -0.15) is 0 Å². The van der Waals surface area contributed by atoms with E-state index in [1.54, 1.807) is 25.2 Å². The first-order valence-electron chi connectivity index (χ1n) is 6.13. The highest BCUT2D eigenvalue weighted by molar-refractivity contribution is 7.99. The van der Waals surface area contributed by atoms with Crippen molar-refractivity contribution in [2.45, 2.75) is 22.8 Å². The molecule has 112 valence electrons. The Balaban J connectivity index is 2.82. The fourth-order valence-corrected chi connectivity index (χ4v) is 3.37. The Labute approximate surface area is 124 Å². The summed E-state index contributed by atoms with van der Waals surface area (Å²) in [4.78, 5) is 11.7. The molecule has 0 aliphatic rings. The minimum absolute atomic E-state index is 0.0351. The van der Waals surface area contributed by atoms with Crippen LogP contribution in [0.4, 0.5) is 0 Å². The molecule has 0 aromatic heterocycles. The standard InChI is InChI=1S/C13H20N2O3S2/c1-10(13(16)14-2)19-9-11-6-5-7-12(8-11)20(17,18)15(3)4/h5-8,10H,9H2,1-4H3,(H,14,16)/t10-/m0/s1. The van der Waals surface area contributed by atoms with Crippen LogP contribution in [0.2, 0.25) is 0 Å². The van der Waals surface area contributed by atoms with Crippen molar-refractivity contribution < 1.29 is 13.2 Å². The average molecular weight is 316 g/mol. The molecule has 1 aromatic rings. The smallest absolute Gasteiger partial charge is 0.242 e. The lowest BCUT2D eigenvalue weighted by atomic mass is 10.2. The molecule has 20 heavy (non-hydrogen) atoms. The number of carbonyl (C=O) groups is 1. The lowest BCUT2D eigenvalue weighted by Gasteiger charge is -2.13. The third-order valence-corrected chi connectivity index (χ3v) is 5.82. The Morgan fingerprint density at radius 2 is 2.05 bits per heavy atom. The van der Waals surface area contributed by atoms with Crippen LogP contribution in [-0.2, 0) is 20.6 Å². The van der Waals surface area contributed by atoms with Gasteiger partial charge in [-0.3, -0.25) is 4.79 Å². The lowest BCUT2D eigenvalue weighted by molar-refractivity contribution is -0.119. The van der Waals surface area contributed by atoms with Crippen molar-refractivity contribution in [3.05, 3.63) is 29.8 Å². The monoisotopic (exact) mass is 316 g/mol. The number of thioether (sulfide) groups is 1. The van der Waals surface area contributed by atoms with Gasteiger partial charge in [-0.15, -0.1) is 11.8 Å². The molecule has 1 atom stereocenters. The molecule has 0 unspecified atom stereocenters. The highest BCUT2D eigenvalue weighted by Crippen LogP contribution is 2.21. The van der Waals surface area contributed by atoms with Gasteiger partial charge in [0.1, 0.15) is 0 Å².